The minimum Gasteiger partial charge on any atom is -0.454 e. The highest BCUT2D eigenvalue weighted by Crippen LogP contribution is 2.32. The summed E-state index contributed by atoms with van der Waals surface area (Å²) in [4.78, 5) is 24.8. The number of thioether (sulfide) groups is 1. The van der Waals surface area contributed by atoms with E-state index < -0.39 is 18.0 Å². The van der Waals surface area contributed by atoms with Crippen molar-refractivity contribution in [3.63, 3.8) is 0 Å². The van der Waals surface area contributed by atoms with Crippen LogP contribution >= 0.6 is 35.3 Å². The van der Waals surface area contributed by atoms with E-state index in [2.05, 4.69) is 10.4 Å². The van der Waals surface area contributed by atoms with Crippen LogP contribution in [0.5, 0.6) is 11.5 Å². The van der Waals surface area contributed by atoms with Gasteiger partial charge in [0.15, 0.2) is 25.9 Å². The van der Waals surface area contributed by atoms with Crippen molar-refractivity contribution >= 4 is 47.2 Å². The molecule has 166 valence electrons. The van der Waals surface area contributed by atoms with Crippen molar-refractivity contribution in [2.24, 2.45) is 0 Å². The SMILES string of the molecule is CSc1nn(-c2ccc(C(=O)OC(C)C(=O)NCc3ccc4c(c3)OCO4)cc2)c(=S)s1. The predicted octanol–water partition coefficient (Wildman–Crippen LogP) is 3.98. The molecule has 0 radical (unpaired) electrons. The summed E-state index contributed by atoms with van der Waals surface area (Å²) in [5.74, 6) is 0.332. The Labute approximate surface area is 197 Å². The molecule has 2 aromatic carbocycles. The first-order chi connectivity index (χ1) is 15.4. The Kier molecular flexibility index (Phi) is 6.77. The van der Waals surface area contributed by atoms with Gasteiger partial charge in [0.05, 0.1) is 11.3 Å². The zero-order valence-corrected chi connectivity index (χ0v) is 19.6. The van der Waals surface area contributed by atoms with Crippen LogP contribution in [0.15, 0.2) is 46.8 Å². The standard InChI is InChI=1S/C21H19N3O5S3/c1-12(18(25)22-10-13-3-8-16-17(9-13)28-11-27-16)29-19(26)14-4-6-15(7-5-14)24-21(30)32-20(23-24)31-2/h3-9,12H,10-11H2,1-2H3,(H,22,25). The van der Waals surface area contributed by atoms with Crippen LogP contribution in [-0.4, -0.2) is 40.8 Å². The van der Waals surface area contributed by atoms with E-state index in [1.165, 1.54) is 30.0 Å². The Morgan fingerprint density at radius 1 is 1.25 bits per heavy atom. The molecular weight excluding hydrogens is 470 g/mol. The molecule has 0 saturated carbocycles. The number of nitrogens with zero attached hydrogens (tertiary/aromatic N) is 2. The number of rotatable bonds is 7. The van der Waals surface area contributed by atoms with E-state index >= 15 is 0 Å². The van der Waals surface area contributed by atoms with Gasteiger partial charge in [0.2, 0.25) is 6.79 Å². The fourth-order valence-electron chi connectivity index (χ4n) is 2.91. The number of hydrogen-bond donors (Lipinski definition) is 1. The molecule has 2 heterocycles. The minimum atomic E-state index is -0.951. The van der Waals surface area contributed by atoms with E-state index in [1.807, 2.05) is 12.3 Å². The smallest absolute Gasteiger partial charge is 0.338 e. The average Bonchev–Trinajstić information content (AvgIpc) is 3.43. The summed E-state index contributed by atoms with van der Waals surface area (Å²) in [7, 11) is 0. The number of fused-ring (bicyclic) bond motifs is 1. The second-order valence-electron chi connectivity index (χ2n) is 6.75. The molecule has 1 atom stereocenters. The molecule has 0 spiro atoms. The molecule has 0 aliphatic carbocycles. The first-order valence-electron chi connectivity index (χ1n) is 9.56. The Morgan fingerprint density at radius 3 is 2.72 bits per heavy atom. The lowest BCUT2D eigenvalue weighted by atomic mass is 10.2. The molecule has 11 heteroatoms. The molecule has 8 nitrogen and oxygen atoms in total. The van der Waals surface area contributed by atoms with E-state index in [0.717, 1.165) is 15.6 Å². The highest BCUT2D eigenvalue weighted by molar-refractivity contribution is 8.00. The molecule has 0 bridgehead atoms. The van der Waals surface area contributed by atoms with Gasteiger partial charge in [0, 0.05) is 6.54 Å². The molecular formula is C21H19N3O5S3. The summed E-state index contributed by atoms with van der Waals surface area (Å²) in [5.41, 5.74) is 1.93. The van der Waals surface area contributed by atoms with Crippen LogP contribution in [0.1, 0.15) is 22.8 Å². The molecule has 1 amide bonds. The molecule has 0 fully saturated rings. The summed E-state index contributed by atoms with van der Waals surface area (Å²) >= 11 is 8.27. The van der Waals surface area contributed by atoms with Gasteiger partial charge in [0.25, 0.3) is 5.91 Å². The van der Waals surface area contributed by atoms with Crippen molar-refractivity contribution in [3.05, 3.63) is 57.5 Å². The number of hydrogen-bond acceptors (Lipinski definition) is 9. The average molecular weight is 490 g/mol. The number of ether oxygens (including phenoxy) is 3. The summed E-state index contributed by atoms with van der Waals surface area (Å²) in [6, 6.07) is 12.1. The second kappa shape index (κ2) is 9.72. The number of esters is 1. The highest BCUT2D eigenvalue weighted by atomic mass is 32.2. The third-order valence-corrected chi connectivity index (χ3v) is 6.82. The Morgan fingerprint density at radius 2 is 2.00 bits per heavy atom. The maximum Gasteiger partial charge on any atom is 0.338 e. The zero-order chi connectivity index (χ0) is 22.7. The molecule has 1 N–H and O–H groups in total. The van der Waals surface area contributed by atoms with E-state index in [4.69, 9.17) is 26.4 Å². The molecule has 32 heavy (non-hydrogen) atoms. The van der Waals surface area contributed by atoms with Gasteiger partial charge in [-0.3, -0.25) is 4.79 Å². The maximum atomic E-state index is 12.4. The van der Waals surface area contributed by atoms with Crippen molar-refractivity contribution in [1.29, 1.82) is 0 Å². The van der Waals surface area contributed by atoms with Gasteiger partial charge in [-0.25, -0.2) is 9.48 Å². The zero-order valence-electron chi connectivity index (χ0n) is 17.2. The minimum absolute atomic E-state index is 0.189. The van der Waals surface area contributed by atoms with Gasteiger partial charge < -0.3 is 19.5 Å². The van der Waals surface area contributed by atoms with Crippen molar-refractivity contribution in [3.8, 4) is 17.2 Å². The molecule has 1 aliphatic rings. The first-order valence-corrected chi connectivity index (χ1v) is 12.0. The summed E-state index contributed by atoms with van der Waals surface area (Å²) in [6.07, 6.45) is 0.983. The molecule has 3 aromatic rings. The van der Waals surface area contributed by atoms with Crippen molar-refractivity contribution in [1.82, 2.24) is 15.1 Å². The quantitative estimate of drug-likeness (QED) is 0.303. The lowest BCUT2D eigenvalue weighted by Gasteiger charge is -2.14. The lowest BCUT2D eigenvalue weighted by molar-refractivity contribution is -0.129. The van der Waals surface area contributed by atoms with Crippen LogP contribution < -0.4 is 14.8 Å². The van der Waals surface area contributed by atoms with Crippen LogP contribution in [0.4, 0.5) is 0 Å². The number of benzene rings is 2. The van der Waals surface area contributed by atoms with Gasteiger partial charge in [-0.05, 0) is 67.4 Å². The normalized spacial score (nSPS) is 12.9. The van der Waals surface area contributed by atoms with Gasteiger partial charge in [0.1, 0.15) is 0 Å². The Balaban J connectivity index is 1.33. The fraction of sp³-hybridized carbons (Fsp3) is 0.238. The number of nitrogens with one attached hydrogen (secondary N) is 1. The predicted molar refractivity (Wildman–Crippen MR) is 123 cm³/mol. The maximum absolute atomic E-state index is 12.4. The van der Waals surface area contributed by atoms with Crippen molar-refractivity contribution in [2.75, 3.05) is 13.0 Å². The summed E-state index contributed by atoms with van der Waals surface area (Å²) in [5, 5.41) is 7.17. The van der Waals surface area contributed by atoms with Crippen LogP contribution in [0.25, 0.3) is 5.69 Å². The van der Waals surface area contributed by atoms with Gasteiger partial charge >= 0.3 is 5.97 Å². The number of aromatic nitrogens is 2. The molecule has 4 rings (SSSR count). The van der Waals surface area contributed by atoms with Crippen molar-refractivity contribution in [2.45, 2.75) is 23.9 Å². The van der Waals surface area contributed by atoms with Crippen LogP contribution in [-0.2, 0) is 16.1 Å². The van der Waals surface area contributed by atoms with Crippen LogP contribution in [0.3, 0.4) is 0 Å². The van der Waals surface area contributed by atoms with Crippen molar-refractivity contribution < 1.29 is 23.8 Å². The number of carbonyl (C=O) groups excluding carboxylic acids is 2. The van der Waals surface area contributed by atoms with Gasteiger partial charge in [-0.15, -0.1) is 5.10 Å². The molecule has 1 aromatic heterocycles. The Hall–Kier alpha value is -2.89. The number of carbonyl (C=O) groups is 2. The van der Waals surface area contributed by atoms with Gasteiger partial charge in [-0.2, -0.15) is 0 Å². The van der Waals surface area contributed by atoms with Crippen LogP contribution in [0, 0.1) is 3.95 Å². The third kappa shape index (κ3) is 4.95. The fourth-order valence-corrected chi connectivity index (χ4v) is 4.69. The van der Waals surface area contributed by atoms with E-state index in [1.54, 1.807) is 41.1 Å². The lowest BCUT2D eigenvalue weighted by Crippen LogP contribution is -2.35. The molecule has 0 saturated heterocycles. The Bertz CT molecular complexity index is 1210. The molecule has 1 unspecified atom stereocenters. The topological polar surface area (TPSA) is 91.7 Å². The molecule has 1 aliphatic heterocycles. The highest BCUT2D eigenvalue weighted by Gasteiger charge is 2.20. The monoisotopic (exact) mass is 489 g/mol. The third-order valence-electron chi connectivity index (χ3n) is 4.61. The largest absolute Gasteiger partial charge is 0.454 e. The second-order valence-corrected chi connectivity index (χ2v) is 9.43. The first kappa shape index (κ1) is 22.3. The summed E-state index contributed by atoms with van der Waals surface area (Å²) in [6.45, 7) is 1.99. The van der Waals surface area contributed by atoms with E-state index in [0.29, 0.717) is 21.0 Å². The van der Waals surface area contributed by atoms with E-state index in [-0.39, 0.29) is 13.3 Å². The number of amides is 1. The van der Waals surface area contributed by atoms with Crippen LogP contribution in [0.2, 0.25) is 0 Å². The van der Waals surface area contributed by atoms with Gasteiger partial charge in [-0.1, -0.05) is 29.2 Å². The summed E-state index contributed by atoms with van der Waals surface area (Å²) < 4.78 is 19.0. The van der Waals surface area contributed by atoms with E-state index in [9.17, 15) is 9.59 Å².